The summed E-state index contributed by atoms with van der Waals surface area (Å²) in [5.74, 6) is 0. The second-order valence-electron chi connectivity index (χ2n) is 6.56. The first-order chi connectivity index (χ1) is 9.34. The van der Waals surface area contributed by atoms with Crippen LogP contribution in [0.25, 0.3) is 0 Å². The lowest BCUT2D eigenvalue weighted by atomic mass is 9.93. The van der Waals surface area contributed by atoms with Gasteiger partial charge >= 0.3 is 6.09 Å². The van der Waals surface area contributed by atoms with Crippen LogP contribution in [0.5, 0.6) is 0 Å². The average Bonchev–Trinajstić information content (AvgIpc) is 2.32. The molecule has 0 unspecified atom stereocenters. The largest absolute Gasteiger partial charge is 0.444 e. The normalized spacial score (nSPS) is 23.3. The number of ether oxygens (including phenoxy) is 3. The highest BCUT2D eigenvalue weighted by Gasteiger charge is 2.40. The number of alkyl halides is 1. The molecule has 0 aromatic carbocycles. The summed E-state index contributed by atoms with van der Waals surface area (Å²) in [5, 5.41) is 0.790. The maximum atomic E-state index is 12.0. The van der Waals surface area contributed by atoms with E-state index in [4.69, 9.17) is 14.2 Å². The van der Waals surface area contributed by atoms with Crippen molar-refractivity contribution < 1.29 is 19.0 Å². The van der Waals surface area contributed by atoms with Gasteiger partial charge in [0.05, 0.1) is 18.8 Å². The third-order valence-electron chi connectivity index (χ3n) is 3.59. The molecule has 6 heteroatoms. The standard InChI is InChI=1S/C14H24BrNO4/c1-13(2,3)20-12(17)16-6-4-14(10-15,5-7-16)19-11-8-18-9-11/h11H,4-10H2,1-3H3. The molecule has 0 saturated carbocycles. The van der Waals surface area contributed by atoms with Crippen LogP contribution >= 0.6 is 15.9 Å². The van der Waals surface area contributed by atoms with Crippen molar-refractivity contribution in [2.45, 2.75) is 50.9 Å². The number of halogens is 1. The number of likely N-dealkylation sites (tertiary alicyclic amines) is 1. The highest BCUT2D eigenvalue weighted by atomic mass is 79.9. The summed E-state index contributed by atoms with van der Waals surface area (Å²) >= 11 is 3.56. The van der Waals surface area contributed by atoms with Crippen molar-refractivity contribution in [2.24, 2.45) is 0 Å². The minimum atomic E-state index is -0.444. The predicted octanol–water partition coefficient (Wildman–Crippen LogP) is 2.57. The maximum absolute atomic E-state index is 12.0. The van der Waals surface area contributed by atoms with E-state index < -0.39 is 5.60 Å². The van der Waals surface area contributed by atoms with Crippen molar-refractivity contribution in [1.29, 1.82) is 0 Å². The molecule has 0 atom stereocenters. The Kier molecular flexibility index (Phi) is 4.97. The Bertz CT molecular complexity index is 344. The number of hydrogen-bond donors (Lipinski definition) is 0. The summed E-state index contributed by atoms with van der Waals surface area (Å²) in [7, 11) is 0. The van der Waals surface area contributed by atoms with Crippen LogP contribution in [-0.2, 0) is 14.2 Å². The summed E-state index contributed by atoms with van der Waals surface area (Å²) in [6.45, 7) is 8.38. The number of hydrogen-bond acceptors (Lipinski definition) is 4. The van der Waals surface area contributed by atoms with Gasteiger partial charge < -0.3 is 19.1 Å². The molecule has 2 rings (SSSR count). The van der Waals surface area contributed by atoms with E-state index in [1.165, 1.54) is 0 Å². The molecule has 2 aliphatic rings. The lowest BCUT2D eigenvalue weighted by Gasteiger charge is -2.44. The summed E-state index contributed by atoms with van der Waals surface area (Å²) in [4.78, 5) is 13.8. The molecule has 1 amide bonds. The zero-order chi connectivity index (χ0) is 14.8. The van der Waals surface area contributed by atoms with Gasteiger partial charge in [0, 0.05) is 18.4 Å². The van der Waals surface area contributed by atoms with Crippen LogP contribution in [0.2, 0.25) is 0 Å². The molecule has 2 heterocycles. The average molecular weight is 350 g/mol. The molecule has 0 radical (unpaired) electrons. The first-order valence-electron chi connectivity index (χ1n) is 7.13. The van der Waals surface area contributed by atoms with Gasteiger partial charge in [-0.15, -0.1) is 0 Å². The molecule has 2 aliphatic heterocycles. The van der Waals surface area contributed by atoms with E-state index in [0.717, 1.165) is 18.2 Å². The molecule has 0 bridgehead atoms. The SMILES string of the molecule is CC(C)(C)OC(=O)N1CCC(CBr)(OC2COC2)CC1. The molecule has 0 spiro atoms. The van der Waals surface area contributed by atoms with Crippen LogP contribution in [0, 0.1) is 0 Å². The van der Waals surface area contributed by atoms with Gasteiger partial charge in [0.2, 0.25) is 0 Å². The third-order valence-corrected chi connectivity index (χ3v) is 4.62. The molecule has 0 aromatic heterocycles. The Morgan fingerprint density at radius 2 is 1.95 bits per heavy atom. The predicted molar refractivity (Wildman–Crippen MR) is 79.3 cm³/mol. The maximum Gasteiger partial charge on any atom is 0.410 e. The number of rotatable bonds is 3. The Labute approximate surface area is 129 Å². The van der Waals surface area contributed by atoms with Gasteiger partial charge in [-0.3, -0.25) is 0 Å². The molecule has 0 aliphatic carbocycles. The minimum Gasteiger partial charge on any atom is -0.444 e. The fraction of sp³-hybridized carbons (Fsp3) is 0.929. The summed E-state index contributed by atoms with van der Waals surface area (Å²) in [5.41, 5.74) is -0.617. The number of piperidine rings is 1. The number of carbonyl (C=O) groups excluding carboxylic acids is 1. The van der Waals surface area contributed by atoms with E-state index in [1.807, 2.05) is 20.8 Å². The van der Waals surface area contributed by atoms with Crippen LogP contribution < -0.4 is 0 Å². The molecule has 0 N–H and O–H groups in total. The molecule has 20 heavy (non-hydrogen) atoms. The monoisotopic (exact) mass is 349 g/mol. The summed E-state index contributed by atoms with van der Waals surface area (Å²) in [6.07, 6.45) is 1.63. The van der Waals surface area contributed by atoms with Crippen LogP contribution in [0.3, 0.4) is 0 Å². The van der Waals surface area contributed by atoms with E-state index in [0.29, 0.717) is 26.3 Å². The Morgan fingerprint density at radius 1 is 1.35 bits per heavy atom. The summed E-state index contributed by atoms with van der Waals surface area (Å²) < 4.78 is 16.7. The first kappa shape index (κ1) is 16.0. The Morgan fingerprint density at radius 3 is 2.35 bits per heavy atom. The van der Waals surface area contributed by atoms with Crippen LogP contribution in [0.15, 0.2) is 0 Å². The fourth-order valence-corrected chi connectivity index (χ4v) is 3.03. The lowest BCUT2D eigenvalue weighted by Crippen LogP contribution is -2.53. The van der Waals surface area contributed by atoms with Crippen molar-refractivity contribution in [1.82, 2.24) is 4.90 Å². The zero-order valence-corrected chi connectivity index (χ0v) is 14.1. The van der Waals surface area contributed by atoms with Crippen LogP contribution in [-0.4, -0.2) is 59.9 Å². The van der Waals surface area contributed by atoms with Crippen molar-refractivity contribution in [3.63, 3.8) is 0 Å². The van der Waals surface area contributed by atoms with Gasteiger partial charge in [-0.1, -0.05) is 15.9 Å². The van der Waals surface area contributed by atoms with E-state index in [1.54, 1.807) is 4.90 Å². The Hall–Kier alpha value is -0.330. The highest BCUT2D eigenvalue weighted by Crippen LogP contribution is 2.31. The fourth-order valence-electron chi connectivity index (χ4n) is 2.34. The first-order valence-corrected chi connectivity index (χ1v) is 8.25. The van der Waals surface area contributed by atoms with E-state index in [9.17, 15) is 4.79 Å². The molecular weight excluding hydrogens is 326 g/mol. The minimum absolute atomic E-state index is 0.174. The Balaban J connectivity index is 1.85. The summed E-state index contributed by atoms with van der Waals surface area (Å²) in [6, 6.07) is 0. The van der Waals surface area contributed by atoms with E-state index >= 15 is 0 Å². The second-order valence-corrected chi connectivity index (χ2v) is 7.12. The van der Waals surface area contributed by atoms with Crippen molar-refractivity contribution in [3.8, 4) is 0 Å². The number of amides is 1. The smallest absolute Gasteiger partial charge is 0.410 e. The second kappa shape index (κ2) is 6.20. The van der Waals surface area contributed by atoms with Gasteiger partial charge in [0.25, 0.3) is 0 Å². The highest BCUT2D eigenvalue weighted by molar-refractivity contribution is 9.09. The van der Waals surface area contributed by atoms with E-state index in [-0.39, 0.29) is 17.8 Å². The zero-order valence-electron chi connectivity index (χ0n) is 12.5. The van der Waals surface area contributed by atoms with Gasteiger partial charge in [-0.05, 0) is 33.6 Å². The molecule has 5 nitrogen and oxygen atoms in total. The molecule has 2 fully saturated rings. The van der Waals surface area contributed by atoms with Crippen molar-refractivity contribution in [3.05, 3.63) is 0 Å². The quantitative estimate of drug-likeness (QED) is 0.734. The molecule has 2 saturated heterocycles. The van der Waals surface area contributed by atoms with Gasteiger partial charge in [-0.2, -0.15) is 0 Å². The van der Waals surface area contributed by atoms with Crippen LogP contribution in [0.4, 0.5) is 4.79 Å². The van der Waals surface area contributed by atoms with Crippen molar-refractivity contribution >= 4 is 22.0 Å². The number of carbonyl (C=O) groups is 1. The van der Waals surface area contributed by atoms with Gasteiger partial charge in [-0.25, -0.2) is 4.79 Å². The molecule has 116 valence electrons. The van der Waals surface area contributed by atoms with Gasteiger partial charge in [0.15, 0.2) is 0 Å². The lowest BCUT2D eigenvalue weighted by molar-refractivity contribution is -0.196. The topological polar surface area (TPSA) is 48.0 Å². The van der Waals surface area contributed by atoms with Gasteiger partial charge in [0.1, 0.15) is 11.7 Å². The number of nitrogens with zero attached hydrogens (tertiary/aromatic N) is 1. The van der Waals surface area contributed by atoms with E-state index in [2.05, 4.69) is 15.9 Å². The third kappa shape index (κ3) is 4.09. The van der Waals surface area contributed by atoms with Crippen molar-refractivity contribution in [2.75, 3.05) is 31.6 Å². The molecular formula is C14H24BrNO4. The molecule has 0 aromatic rings. The van der Waals surface area contributed by atoms with Crippen LogP contribution in [0.1, 0.15) is 33.6 Å².